The van der Waals surface area contributed by atoms with Crippen molar-refractivity contribution < 1.29 is 14.2 Å². The number of benzene rings is 1. The maximum Gasteiger partial charge on any atom is 0.190 e. The predicted octanol–water partition coefficient (Wildman–Crippen LogP) is 2.89. The Balaban J connectivity index is 1.55. The molecule has 1 saturated heterocycles. The fourth-order valence-corrected chi connectivity index (χ4v) is 3.20. The molecule has 0 aliphatic carbocycles. The summed E-state index contributed by atoms with van der Waals surface area (Å²) in [4.78, 5) is 4.25. The Morgan fingerprint density at radius 2 is 2.04 bits per heavy atom. The van der Waals surface area contributed by atoms with Crippen LogP contribution in [0.4, 0.5) is 0 Å². The third-order valence-corrected chi connectivity index (χ3v) is 4.97. The van der Waals surface area contributed by atoms with Crippen molar-refractivity contribution in [1.82, 2.24) is 10.6 Å². The van der Waals surface area contributed by atoms with Crippen LogP contribution >= 0.6 is 11.6 Å². The van der Waals surface area contributed by atoms with Crippen LogP contribution in [-0.2, 0) is 15.9 Å². The lowest BCUT2D eigenvalue weighted by Crippen LogP contribution is -2.39. The van der Waals surface area contributed by atoms with Crippen LogP contribution < -0.4 is 15.4 Å². The number of guanidine groups is 1. The fourth-order valence-electron chi connectivity index (χ4n) is 2.94. The standard InChI is InChI=1S/C20H32ClN3O3/c1-22-20(23-9-3-11-27-15-16-7-12-26-13-8-16)24-10-6-17-4-5-18(25-2)14-19(17)21/h4-5,14,16H,3,6-13,15H2,1-2H3,(H2,22,23,24). The molecule has 7 heteroatoms. The Morgan fingerprint density at radius 1 is 1.26 bits per heavy atom. The van der Waals surface area contributed by atoms with E-state index in [0.717, 1.165) is 87.5 Å². The maximum atomic E-state index is 6.27. The van der Waals surface area contributed by atoms with E-state index in [2.05, 4.69) is 15.6 Å². The van der Waals surface area contributed by atoms with Gasteiger partial charge in [0.2, 0.25) is 0 Å². The van der Waals surface area contributed by atoms with E-state index in [1.165, 1.54) is 0 Å². The maximum absolute atomic E-state index is 6.27. The molecule has 6 nitrogen and oxygen atoms in total. The molecule has 1 aliphatic heterocycles. The molecule has 0 unspecified atom stereocenters. The molecule has 1 aromatic carbocycles. The van der Waals surface area contributed by atoms with Gasteiger partial charge in [-0.2, -0.15) is 0 Å². The van der Waals surface area contributed by atoms with Crippen molar-refractivity contribution in [3.8, 4) is 5.75 Å². The van der Waals surface area contributed by atoms with E-state index >= 15 is 0 Å². The van der Waals surface area contributed by atoms with Crippen LogP contribution in [0, 0.1) is 5.92 Å². The van der Waals surface area contributed by atoms with Crippen molar-refractivity contribution in [2.24, 2.45) is 10.9 Å². The van der Waals surface area contributed by atoms with Gasteiger partial charge in [0, 0.05) is 51.6 Å². The van der Waals surface area contributed by atoms with Crippen molar-refractivity contribution in [3.63, 3.8) is 0 Å². The quantitative estimate of drug-likeness (QED) is 0.361. The van der Waals surface area contributed by atoms with Gasteiger partial charge in [0.15, 0.2) is 5.96 Å². The Kier molecular flexibility index (Phi) is 10.3. The summed E-state index contributed by atoms with van der Waals surface area (Å²) in [6, 6.07) is 5.76. The van der Waals surface area contributed by atoms with E-state index < -0.39 is 0 Å². The van der Waals surface area contributed by atoms with Crippen molar-refractivity contribution >= 4 is 17.6 Å². The van der Waals surface area contributed by atoms with Gasteiger partial charge in [-0.25, -0.2) is 0 Å². The number of hydrogen-bond donors (Lipinski definition) is 2. The SMILES string of the molecule is CN=C(NCCCOCC1CCOCC1)NCCc1ccc(OC)cc1Cl. The molecule has 1 heterocycles. The number of ether oxygens (including phenoxy) is 3. The van der Waals surface area contributed by atoms with Crippen molar-refractivity contribution in [1.29, 1.82) is 0 Å². The highest BCUT2D eigenvalue weighted by molar-refractivity contribution is 6.31. The van der Waals surface area contributed by atoms with Gasteiger partial charge in [-0.15, -0.1) is 0 Å². The summed E-state index contributed by atoms with van der Waals surface area (Å²) in [5.74, 6) is 2.23. The van der Waals surface area contributed by atoms with Gasteiger partial charge in [-0.3, -0.25) is 4.99 Å². The number of hydrogen-bond acceptors (Lipinski definition) is 4. The van der Waals surface area contributed by atoms with Gasteiger partial charge in [0.1, 0.15) is 5.75 Å². The van der Waals surface area contributed by atoms with E-state index in [1.54, 1.807) is 14.2 Å². The van der Waals surface area contributed by atoms with Crippen molar-refractivity contribution in [3.05, 3.63) is 28.8 Å². The molecule has 0 radical (unpaired) electrons. The molecule has 152 valence electrons. The summed E-state index contributed by atoms with van der Waals surface area (Å²) in [6.07, 6.45) is 4.01. The number of nitrogens with zero attached hydrogens (tertiary/aromatic N) is 1. The second kappa shape index (κ2) is 12.8. The fraction of sp³-hybridized carbons (Fsp3) is 0.650. The van der Waals surface area contributed by atoms with E-state index in [4.69, 9.17) is 25.8 Å². The summed E-state index contributed by atoms with van der Waals surface area (Å²) in [5.41, 5.74) is 1.09. The minimum Gasteiger partial charge on any atom is -0.497 e. The van der Waals surface area contributed by atoms with Gasteiger partial charge >= 0.3 is 0 Å². The summed E-state index contributed by atoms with van der Waals surface area (Å²) in [6.45, 7) is 4.95. The van der Waals surface area contributed by atoms with Crippen molar-refractivity contribution in [2.45, 2.75) is 25.7 Å². The van der Waals surface area contributed by atoms with E-state index in [-0.39, 0.29) is 0 Å². The molecule has 1 aromatic rings. The van der Waals surface area contributed by atoms with Crippen LogP contribution in [0.25, 0.3) is 0 Å². The van der Waals surface area contributed by atoms with Crippen LogP contribution in [0.15, 0.2) is 23.2 Å². The Hall–Kier alpha value is -1.50. The predicted molar refractivity (Wildman–Crippen MR) is 110 cm³/mol. The summed E-state index contributed by atoms with van der Waals surface area (Å²) in [5, 5.41) is 7.35. The first-order chi connectivity index (χ1) is 13.2. The molecule has 1 fully saturated rings. The molecule has 1 aliphatic rings. The third-order valence-electron chi connectivity index (χ3n) is 4.62. The third kappa shape index (κ3) is 8.37. The highest BCUT2D eigenvalue weighted by Gasteiger charge is 2.13. The average molecular weight is 398 g/mol. The topological polar surface area (TPSA) is 64.1 Å². The number of aliphatic imine (C=N–C) groups is 1. The number of rotatable bonds is 10. The molecule has 0 atom stereocenters. The molecule has 0 bridgehead atoms. The highest BCUT2D eigenvalue weighted by atomic mass is 35.5. The average Bonchev–Trinajstić information content (AvgIpc) is 2.70. The van der Waals surface area contributed by atoms with Crippen LogP contribution in [0.5, 0.6) is 5.75 Å². The normalized spacial score (nSPS) is 15.6. The lowest BCUT2D eigenvalue weighted by Gasteiger charge is -2.21. The van der Waals surface area contributed by atoms with Gasteiger partial charge in [-0.1, -0.05) is 17.7 Å². The Labute approximate surface area is 167 Å². The zero-order chi connectivity index (χ0) is 19.3. The highest BCUT2D eigenvalue weighted by Crippen LogP contribution is 2.22. The first kappa shape index (κ1) is 21.8. The van der Waals surface area contributed by atoms with Crippen LogP contribution in [-0.4, -0.2) is 59.6 Å². The smallest absolute Gasteiger partial charge is 0.190 e. The van der Waals surface area contributed by atoms with Gasteiger partial charge in [0.25, 0.3) is 0 Å². The zero-order valence-electron chi connectivity index (χ0n) is 16.4. The lowest BCUT2D eigenvalue weighted by molar-refractivity contribution is 0.0203. The molecule has 0 saturated carbocycles. The molecule has 27 heavy (non-hydrogen) atoms. The number of nitrogens with one attached hydrogen (secondary N) is 2. The molecule has 2 N–H and O–H groups in total. The molecular weight excluding hydrogens is 366 g/mol. The Bertz CT molecular complexity index is 578. The first-order valence-corrected chi connectivity index (χ1v) is 10.0. The van der Waals surface area contributed by atoms with E-state index in [0.29, 0.717) is 5.92 Å². The largest absolute Gasteiger partial charge is 0.497 e. The molecule has 2 rings (SSSR count). The molecule has 0 amide bonds. The molecule has 0 aromatic heterocycles. The summed E-state index contributed by atoms with van der Waals surface area (Å²) < 4.78 is 16.3. The minimum atomic E-state index is 0.658. The van der Waals surface area contributed by atoms with Crippen molar-refractivity contribution in [2.75, 3.05) is 53.7 Å². The minimum absolute atomic E-state index is 0.658. The summed E-state index contributed by atoms with van der Waals surface area (Å²) >= 11 is 6.27. The molecule has 0 spiro atoms. The summed E-state index contributed by atoms with van der Waals surface area (Å²) in [7, 11) is 3.41. The zero-order valence-corrected chi connectivity index (χ0v) is 17.2. The van der Waals surface area contributed by atoms with Crippen LogP contribution in [0.1, 0.15) is 24.8 Å². The van der Waals surface area contributed by atoms with Crippen LogP contribution in [0.3, 0.4) is 0 Å². The van der Waals surface area contributed by atoms with E-state index in [9.17, 15) is 0 Å². The number of methoxy groups -OCH3 is 1. The van der Waals surface area contributed by atoms with E-state index in [1.807, 2.05) is 18.2 Å². The second-order valence-electron chi connectivity index (χ2n) is 6.62. The Morgan fingerprint density at radius 3 is 2.74 bits per heavy atom. The first-order valence-electron chi connectivity index (χ1n) is 9.65. The van der Waals surface area contributed by atoms with Gasteiger partial charge in [-0.05, 0) is 49.3 Å². The second-order valence-corrected chi connectivity index (χ2v) is 7.02. The van der Waals surface area contributed by atoms with Gasteiger partial charge in [0.05, 0.1) is 7.11 Å². The van der Waals surface area contributed by atoms with Gasteiger partial charge < -0.3 is 24.8 Å². The number of halogens is 1. The monoisotopic (exact) mass is 397 g/mol. The van der Waals surface area contributed by atoms with Crippen LogP contribution in [0.2, 0.25) is 5.02 Å². The molecular formula is C20H32ClN3O3. The lowest BCUT2D eigenvalue weighted by atomic mass is 10.0.